The van der Waals surface area contributed by atoms with Gasteiger partial charge in [-0.15, -0.1) is 0 Å². The Labute approximate surface area is 179 Å². The number of nitrogens with one attached hydrogen (secondary N) is 1. The molecule has 3 aromatic rings. The monoisotopic (exact) mass is 419 g/mol. The number of aryl methyl sites for hydroxylation is 1. The van der Waals surface area contributed by atoms with Gasteiger partial charge in [0.25, 0.3) is 0 Å². The average Bonchev–Trinajstić information content (AvgIpc) is 3.18. The van der Waals surface area contributed by atoms with Gasteiger partial charge in [-0.05, 0) is 26.0 Å². The minimum absolute atomic E-state index is 0.148. The smallest absolute Gasteiger partial charge is 0.328 e. The molecular weight excluding hydrogens is 398 g/mol. The van der Waals surface area contributed by atoms with Crippen molar-refractivity contribution >= 4 is 24.0 Å². The van der Waals surface area contributed by atoms with Gasteiger partial charge in [0.1, 0.15) is 34.7 Å². The van der Waals surface area contributed by atoms with Gasteiger partial charge in [0.2, 0.25) is 0 Å². The zero-order chi connectivity index (χ0) is 22.5. The molecule has 3 heterocycles. The van der Waals surface area contributed by atoms with Crippen LogP contribution in [0.2, 0.25) is 0 Å². The van der Waals surface area contributed by atoms with E-state index < -0.39 is 6.03 Å². The van der Waals surface area contributed by atoms with Crippen LogP contribution in [0.4, 0.5) is 16.4 Å². The summed E-state index contributed by atoms with van der Waals surface area (Å²) in [6.07, 6.45) is 5.22. The van der Waals surface area contributed by atoms with Gasteiger partial charge in [-0.25, -0.2) is 14.8 Å². The number of aromatic nitrogens is 4. The van der Waals surface area contributed by atoms with E-state index in [1.165, 1.54) is 24.2 Å². The molecule has 2 amide bonds. The zero-order valence-electron chi connectivity index (χ0n) is 17.5. The molecule has 3 rings (SSSR count). The number of nitrogens with zero attached hydrogens (tertiary/aromatic N) is 6. The highest BCUT2D eigenvalue weighted by molar-refractivity contribution is 6.00. The minimum atomic E-state index is -0.522. The molecule has 0 saturated carbocycles. The molecule has 10 heteroatoms. The van der Waals surface area contributed by atoms with Crippen molar-refractivity contribution in [1.82, 2.24) is 19.7 Å². The minimum Gasteiger partial charge on any atom is -0.489 e. The number of amides is 2. The van der Waals surface area contributed by atoms with E-state index in [2.05, 4.69) is 20.4 Å². The average molecular weight is 419 g/mol. The van der Waals surface area contributed by atoms with Crippen molar-refractivity contribution in [3.8, 4) is 22.9 Å². The van der Waals surface area contributed by atoms with E-state index in [9.17, 15) is 14.9 Å². The number of hydrogen-bond donors (Lipinski definition) is 1. The quantitative estimate of drug-likeness (QED) is 0.609. The number of aldehydes is 1. The lowest BCUT2D eigenvalue weighted by Gasteiger charge is -2.18. The van der Waals surface area contributed by atoms with Gasteiger partial charge < -0.3 is 4.74 Å². The van der Waals surface area contributed by atoms with Crippen molar-refractivity contribution in [2.75, 3.05) is 17.3 Å². The fourth-order valence-corrected chi connectivity index (χ4v) is 2.78. The maximum absolute atomic E-state index is 12.7. The predicted molar refractivity (Wildman–Crippen MR) is 114 cm³/mol. The summed E-state index contributed by atoms with van der Waals surface area (Å²) in [5, 5.41) is 15.9. The summed E-state index contributed by atoms with van der Waals surface area (Å²) in [7, 11) is 3.30. The number of hydrogen-bond acceptors (Lipinski definition) is 7. The summed E-state index contributed by atoms with van der Waals surface area (Å²) in [5.41, 5.74) is 1.82. The van der Waals surface area contributed by atoms with Crippen LogP contribution in [-0.2, 0) is 7.05 Å². The number of carbonyl (C=O) groups excluding carboxylic acids is 2. The van der Waals surface area contributed by atoms with Crippen LogP contribution in [0.5, 0.6) is 5.75 Å². The van der Waals surface area contributed by atoms with Crippen molar-refractivity contribution in [2.24, 2.45) is 7.05 Å². The molecule has 0 radical (unpaired) electrons. The van der Waals surface area contributed by atoms with Crippen molar-refractivity contribution in [3.63, 3.8) is 0 Å². The Balaban J connectivity index is 1.82. The fourth-order valence-electron chi connectivity index (χ4n) is 2.78. The SMILES string of the molecule is CC(C)Oc1cc(NC(=O)N(C)c2ccc(-c3cnn(C)c3)c(C=O)n2)ncc1C#N. The lowest BCUT2D eigenvalue weighted by atomic mass is 10.1. The lowest BCUT2D eigenvalue weighted by molar-refractivity contribution is 0.111. The summed E-state index contributed by atoms with van der Waals surface area (Å²) in [6.45, 7) is 3.66. The first-order valence-corrected chi connectivity index (χ1v) is 9.39. The number of urea groups is 1. The van der Waals surface area contributed by atoms with Crippen LogP contribution in [0.3, 0.4) is 0 Å². The van der Waals surface area contributed by atoms with E-state index in [0.717, 1.165) is 5.56 Å². The van der Waals surface area contributed by atoms with Crippen LogP contribution < -0.4 is 15.0 Å². The Kier molecular flexibility index (Phi) is 6.26. The molecule has 10 nitrogen and oxygen atoms in total. The van der Waals surface area contributed by atoms with Crippen LogP contribution in [0.25, 0.3) is 11.1 Å². The lowest BCUT2D eigenvalue weighted by Crippen LogP contribution is -2.32. The van der Waals surface area contributed by atoms with Crippen molar-refractivity contribution in [2.45, 2.75) is 20.0 Å². The van der Waals surface area contributed by atoms with Crippen LogP contribution in [0, 0.1) is 11.3 Å². The Hall–Kier alpha value is -4.26. The number of pyridine rings is 2. The molecule has 0 atom stereocenters. The molecule has 0 aliphatic heterocycles. The van der Waals surface area contributed by atoms with Crippen LogP contribution >= 0.6 is 0 Å². The standard InChI is InChI=1S/C21H21N7O3/c1-13(2)31-18-7-19(23-9-14(18)8-22)26-21(30)28(4)20-6-5-16(17(12-29)25-20)15-10-24-27(3)11-15/h5-7,9-13H,1-4H3,(H,23,26,30). The molecule has 0 aromatic carbocycles. The number of nitriles is 1. The second-order valence-corrected chi connectivity index (χ2v) is 6.96. The molecule has 31 heavy (non-hydrogen) atoms. The van der Waals surface area contributed by atoms with E-state index in [4.69, 9.17) is 4.74 Å². The molecule has 0 saturated heterocycles. The Morgan fingerprint density at radius 1 is 1.35 bits per heavy atom. The molecule has 0 bridgehead atoms. The molecular formula is C21H21N7O3. The van der Waals surface area contributed by atoms with Crippen LogP contribution in [-0.4, -0.2) is 45.2 Å². The third-order valence-corrected chi connectivity index (χ3v) is 4.27. The molecule has 0 unspecified atom stereocenters. The second kappa shape index (κ2) is 9.04. The van der Waals surface area contributed by atoms with Gasteiger partial charge in [-0.2, -0.15) is 10.4 Å². The summed E-state index contributed by atoms with van der Waals surface area (Å²) in [4.78, 5) is 33.9. The Morgan fingerprint density at radius 3 is 2.74 bits per heavy atom. The molecule has 0 spiro atoms. The summed E-state index contributed by atoms with van der Waals surface area (Å²) < 4.78 is 7.23. The van der Waals surface area contributed by atoms with Gasteiger partial charge in [0, 0.05) is 37.5 Å². The topological polar surface area (TPSA) is 126 Å². The Morgan fingerprint density at radius 2 is 2.13 bits per heavy atom. The summed E-state index contributed by atoms with van der Waals surface area (Å²) in [5.74, 6) is 0.821. The van der Waals surface area contributed by atoms with E-state index in [-0.39, 0.29) is 29.0 Å². The third kappa shape index (κ3) is 4.84. The maximum atomic E-state index is 12.7. The predicted octanol–water partition coefficient (Wildman–Crippen LogP) is 3.02. The number of carbonyl (C=O) groups is 2. The van der Waals surface area contributed by atoms with Gasteiger partial charge in [-0.1, -0.05) is 0 Å². The highest BCUT2D eigenvalue weighted by atomic mass is 16.5. The van der Waals surface area contributed by atoms with Crippen molar-refractivity contribution < 1.29 is 14.3 Å². The van der Waals surface area contributed by atoms with E-state index in [0.29, 0.717) is 17.6 Å². The van der Waals surface area contributed by atoms with Gasteiger partial charge in [0.15, 0.2) is 6.29 Å². The first-order valence-electron chi connectivity index (χ1n) is 9.39. The normalized spacial score (nSPS) is 10.5. The first kappa shape index (κ1) is 21.4. The molecule has 1 N–H and O–H groups in total. The highest BCUT2D eigenvalue weighted by Gasteiger charge is 2.17. The number of rotatable bonds is 6. The van der Waals surface area contributed by atoms with Crippen LogP contribution in [0.15, 0.2) is 36.8 Å². The van der Waals surface area contributed by atoms with E-state index >= 15 is 0 Å². The van der Waals surface area contributed by atoms with Gasteiger partial charge in [-0.3, -0.25) is 19.7 Å². The number of ether oxygens (including phenoxy) is 1. The van der Waals surface area contributed by atoms with Crippen molar-refractivity contribution in [1.29, 1.82) is 5.26 Å². The molecule has 0 aliphatic carbocycles. The largest absolute Gasteiger partial charge is 0.489 e. The van der Waals surface area contributed by atoms with Crippen molar-refractivity contribution in [3.05, 3.63) is 48.0 Å². The zero-order valence-corrected chi connectivity index (χ0v) is 17.5. The maximum Gasteiger partial charge on any atom is 0.328 e. The van der Waals surface area contributed by atoms with Gasteiger partial charge in [0.05, 0.1) is 18.5 Å². The summed E-state index contributed by atoms with van der Waals surface area (Å²) in [6, 6.07) is 6.31. The van der Waals surface area contributed by atoms with Crippen LogP contribution in [0.1, 0.15) is 29.9 Å². The molecule has 158 valence electrons. The summed E-state index contributed by atoms with van der Waals surface area (Å²) >= 11 is 0. The molecule has 0 aliphatic rings. The highest BCUT2D eigenvalue weighted by Crippen LogP contribution is 2.25. The molecule has 0 fully saturated rings. The first-order chi connectivity index (χ1) is 14.8. The second-order valence-electron chi connectivity index (χ2n) is 6.96. The number of anilines is 2. The third-order valence-electron chi connectivity index (χ3n) is 4.27. The van der Waals surface area contributed by atoms with E-state index in [1.807, 2.05) is 19.9 Å². The van der Waals surface area contributed by atoms with E-state index in [1.54, 1.807) is 36.3 Å². The Bertz CT molecular complexity index is 1160. The van der Waals surface area contributed by atoms with Gasteiger partial charge >= 0.3 is 6.03 Å². The molecule has 3 aromatic heterocycles. The fraction of sp³-hybridized carbons (Fsp3) is 0.238.